The van der Waals surface area contributed by atoms with Gasteiger partial charge in [-0.1, -0.05) is 50.0 Å². The summed E-state index contributed by atoms with van der Waals surface area (Å²) in [4.78, 5) is 133. The van der Waals surface area contributed by atoms with Crippen LogP contribution >= 0.6 is 0 Å². The summed E-state index contributed by atoms with van der Waals surface area (Å²) in [6.45, 7) is 18.8. The van der Waals surface area contributed by atoms with Crippen molar-refractivity contribution in [2.45, 2.75) is 286 Å². The third-order valence-corrected chi connectivity index (χ3v) is 28.2. The van der Waals surface area contributed by atoms with Crippen LogP contribution < -0.4 is 34.1 Å². The largest absolute Gasteiger partial charge is 0.483 e. The minimum Gasteiger partial charge on any atom is -0.483 e. The van der Waals surface area contributed by atoms with Gasteiger partial charge in [0.15, 0.2) is 5.78 Å². The number of hydrogen-bond donors (Lipinski definition) is 3. The fourth-order valence-electron chi connectivity index (χ4n) is 17.0. The highest BCUT2D eigenvalue weighted by Gasteiger charge is 2.66. The number of nitrogens with zero attached hydrogens (tertiary/aromatic N) is 6. The molecule has 2 saturated heterocycles. The number of halogens is 2. The maximum absolute atomic E-state index is 16.8. The number of primary sulfonamides is 1. The smallest absolute Gasteiger partial charge is 0.332 e. The number of fused-ring (bicyclic) bond motifs is 10. The molecule has 115 heavy (non-hydrogen) atoms. The summed E-state index contributed by atoms with van der Waals surface area (Å²) in [5, 5.41) is 7.81. The van der Waals surface area contributed by atoms with E-state index in [4.69, 9.17) is 38.3 Å². The molecule has 0 bridgehead atoms. The predicted molar refractivity (Wildman–Crippen MR) is 419 cm³/mol. The number of carbonyl (C=O) groups is 8. The molecule has 628 valence electrons. The van der Waals surface area contributed by atoms with Gasteiger partial charge in [0.2, 0.25) is 55.4 Å². The van der Waals surface area contributed by atoms with Crippen molar-refractivity contribution >= 4 is 89.4 Å². The number of methoxy groups -OCH3 is 2. The van der Waals surface area contributed by atoms with Gasteiger partial charge in [-0.3, -0.25) is 38.3 Å². The fourth-order valence-corrected chi connectivity index (χ4v) is 19.0. The molecule has 14 rings (SSSR count). The molecule has 4 aromatic heterocycles. The number of allylic oxidation sites excluding steroid dienone is 3. The zero-order valence-corrected chi connectivity index (χ0v) is 69.8. The molecule has 4 N–H and O–H groups in total. The van der Waals surface area contributed by atoms with E-state index in [9.17, 15) is 55.2 Å². The van der Waals surface area contributed by atoms with Crippen molar-refractivity contribution < 1.29 is 97.1 Å². The lowest BCUT2D eigenvalue weighted by Crippen LogP contribution is -2.54. The van der Waals surface area contributed by atoms with Gasteiger partial charge in [0.1, 0.15) is 68.9 Å². The number of Topliss-reactive ketones (excluding diaryl/α,β-unsaturated/α-hetero) is 1. The lowest BCUT2D eigenvalue weighted by Gasteiger charge is -2.38. The van der Waals surface area contributed by atoms with Crippen molar-refractivity contribution in [2.24, 2.45) is 34.2 Å². The number of hydrogen-bond acceptors (Lipinski definition) is 23. The minimum absolute atomic E-state index is 0.0357. The van der Waals surface area contributed by atoms with Crippen LogP contribution in [0.15, 0.2) is 48.6 Å². The Morgan fingerprint density at radius 2 is 1.09 bits per heavy atom. The molecule has 4 amide bonds. The Hall–Kier alpha value is -8.52. The second-order valence-corrected chi connectivity index (χ2v) is 40.0. The van der Waals surface area contributed by atoms with Crippen molar-refractivity contribution in [1.82, 2.24) is 39.8 Å². The van der Waals surface area contributed by atoms with Gasteiger partial charge in [-0.25, -0.2) is 55.5 Å². The Balaban J connectivity index is 0.000000194. The molecule has 2 unspecified atom stereocenters. The maximum Gasteiger partial charge on any atom is 0.332 e. The molecule has 4 saturated carbocycles. The van der Waals surface area contributed by atoms with Crippen LogP contribution in [0.4, 0.5) is 8.78 Å². The maximum atomic E-state index is 16.8. The van der Waals surface area contributed by atoms with Crippen LogP contribution in [0.5, 0.6) is 23.3 Å². The lowest BCUT2D eigenvalue weighted by atomic mass is 9.84. The molecule has 4 aromatic rings. The van der Waals surface area contributed by atoms with Crippen molar-refractivity contribution in [3.63, 3.8) is 0 Å². The van der Waals surface area contributed by atoms with E-state index in [0.717, 1.165) is 44.9 Å². The molecule has 2 spiro atoms. The van der Waals surface area contributed by atoms with E-state index < -0.39 is 146 Å². The number of aromatic nitrogens is 4. The number of ether oxygens (including phenoxy) is 7. The normalized spacial score (nSPS) is 30.2. The zero-order valence-electron chi connectivity index (χ0n) is 68.2. The Kier molecular flexibility index (Phi) is 24.2. The second kappa shape index (κ2) is 32.4. The number of sulfonamides is 2. The molecular weight excluding hydrogens is 1530 g/mol. The Labute approximate surface area is 671 Å². The average molecular weight is 1640 g/mol. The van der Waals surface area contributed by atoms with Gasteiger partial charge in [0.25, 0.3) is 0 Å². The van der Waals surface area contributed by atoms with Crippen LogP contribution in [-0.2, 0) is 72.6 Å². The fraction of sp³-hybridized carbons (Fsp3) is 0.663. The van der Waals surface area contributed by atoms with Gasteiger partial charge in [-0.15, -0.1) is 0 Å². The molecule has 6 aliphatic heterocycles. The van der Waals surface area contributed by atoms with Crippen LogP contribution in [0.3, 0.4) is 0 Å². The van der Waals surface area contributed by atoms with Crippen LogP contribution in [0, 0.1) is 42.9 Å². The van der Waals surface area contributed by atoms with Crippen LogP contribution in [0.1, 0.15) is 245 Å². The highest BCUT2D eigenvalue weighted by atomic mass is 32.2. The van der Waals surface area contributed by atoms with E-state index in [1.54, 1.807) is 100 Å². The van der Waals surface area contributed by atoms with Gasteiger partial charge < -0.3 is 48.3 Å². The summed E-state index contributed by atoms with van der Waals surface area (Å²) in [5.41, 5.74) is -3.89. The van der Waals surface area contributed by atoms with Crippen LogP contribution in [0.2, 0.25) is 0 Å². The van der Waals surface area contributed by atoms with Crippen molar-refractivity contribution in [1.29, 1.82) is 0 Å². The summed E-state index contributed by atoms with van der Waals surface area (Å²) in [7, 11) is -4.28. The third-order valence-electron chi connectivity index (χ3n) is 24.3. The lowest BCUT2D eigenvalue weighted by molar-refractivity contribution is -0.159. The molecule has 12 atom stereocenters. The Bertz CT molecular complexity index is 4810. The van der Waals surface area contributed by atoms with Crippen molar-refractivity contribution in [3.8, 4) is 23.3 Å². The molecule has 0 radical (unpaired) electrons. The van der Waals surface area contributed by atoms with Gasteiger partial charge in [0.05, 0.1) is 101 Å². The van der Waals surface area contributed by atoms with Crippen molar-refractivity contribution in [3.05, 3.63) is 71.1 Å². The second-order valence-electron chi connectivity index (χ2n) is 35.7. The van der Waals surface area contributed by atoms with Gasteiger partial charge in [0, 0.05) is 62.0 Å². The molecule has 0 aromatic carbocycles. The van der Waals surface area contributed by atoms with Gasteiger partial charge in [-0.2, -0.15) is 0 Å². The number of esters is 3. The summed E-state index contributed by atoms with van der Waals surface area (Å²) in [6.07, 6.45) is 13.3. The van der Waals surface area contributed by atoms with Crippen LogP contribution in [0.25, 0.3) is 22.1 Å². The van der Waals surface area contributed by atoms with Gasteiger partial charge in [-0.05, 0) is 171 Å². The zero-order chi connectivity index (χ0) is 83.6. The van der Waals surface area contributed by atoms with Crippen LogP contribution in [-0.4, -0.2) is 177 Å². The first-order valence-electron chi connectivity index (χ1n) is 40.3. The summed E-state index contributed by atoms with van der Waals surface area (Å²) in [6, 6.07) is 4.46. The van der Waals surface area contributed by atoms with E-state index in [1.807, 2.05) is 24.3 Å². The molecule has 4 aliphatic carbocycles. The number of ketones is 1. The highest BCUT2D eigenvalue weighted by molar-refractivity contribution is 7.91. The van der Waals surface area contributed by atoms with E-state index in [1.165, 1.54) is 24.0 Å². The number of rotatable bonds is 12. The van der Waals surface area contributed by atoms with E-state index in [-0.39, 0.29) is 111 Å². The first-order chi connectivity index (χ1) is 53.9. The molecular formula is C83H111F2N9O19S2. The molecule has 6 fully saturated rings. The first kappa shape index (κ1) is 85.8. The quantitative estimate of drug-likeness (QED) is 0.0674. The highest BCUT2D eigenvalue weighted by Crippen LogP contribution is 2.59. The molecule has 28 nitrogen and oxygen atoms in total. The topological polar surface area (TPSA) is 378 Å². The summed E-state index contributed by atoms with van der Waals surface area (Å²) >= 11 is 0. The third kappa shape index (κ3) is 18.4. The Morgan fingerprint density at radius 3 is 1.52 bits per heavy atom. The molecule has 32 heteroatoms. The predicted octanol–water partition coefficient (Wildman–Crippen LogP) is 11.1. The standard InChI is InChI=1S/C41H53FN4O9S.C38H49FN4O8.C4H9NO2S/c1-24-35-33(34-28(43-24)14-15-31(44-34)53-6)27(42)20-40(55-35)21-29-30(47)22-41(37(50)45-56(51,52)39(5)16-17-39)19-26(41)13-11-9-7-8-10-12-25(36(49)46(29)23-40)18-32(48)54-38(2,3)4;1-7-49-35(47)38-18-24(38)14-12-10-8-9-11-13-23(17-29(44)50-36(3,4)5)34(46)43-21-37(20-27(43)33(45)42-38)19-25(39)30-31-26(15-16-28(41-31)48-6)40-22(2)32(30)51-37;1-4(2-3-4)8(5,6)7/h11,13-15,25-27,29H,7-10,12,16-23H2,1-6H3,(H,45,50);12,14-16,23-25,27H,7-11,13,17-21H2,1-6H3,(H,42,45);2-3H2,1H3,(H2,5,6,7)/b13-11-;14-12-;/t25-,26-,27?,29+,40-,41-;23-,24-,25?,27+,37-,38-;/m11./s1. The van der Waals surface area contributed by atoms with E-state index in [2.05, 4.69) is 30.0 Å². The molecule has 10 heterocycles. The number of carbonyl (C=O) groups excluding carboxylic acids is 8. The number of pyridine rings is 4. The number of nitrogens with one attached hydrogen (secondary N) is 2. The van der Waals surface area contributed by atoms with Crippen molar-refractivity contribution in [2.75, 3.05) is 33.9 Å². The van der Waals surface area contributed by atoms with E-state index in [0.29, 0.717) is 90.7 Å². The number of amides is 4. The number of nitrogens with two attached hydrogens (primary N) is 1. The molecule has 10 aliphatic rings. The monoisotopic (exact) mass is 1640 g/mol. The van der Waals surface area contributed by atoms with E-state index >= 15 is 8.78 Å². The minimum atomic E-state index is -3.99. The average Bonchev–Trinajstić information content (AvgIpc) is 1.60. The summed E-state index contributed by atoms with van der Waals surface area (Å²) in [5.74, 6) is -5.43. The SMILES string of the molecule is CC1(S(N)(=O)=O)CC1.CCOC(=O)[C@@]12C[C@H]1/C=C\CCCCC[C@H](CC(=O)OC(C)(C)C)C(=O)N1C[C@@]3(CC(F)c4c(c(C)nc5ccc(OC)nc45)O3)C[C@H]1C(=O)N2.COc1ccc2nc(C)c3c(c2n1)C(F)C[C@]1(C[C@H]2C(=O)C[C@]4(C(=O)NS(=O)(=O)C5(C)CC5)C[C@H]4/C=C\CCCCC[C@H](CC(=O)OC(C)(C)C)C(=O)N2C1)O3. The number of alkyl halides is 2. The Morgan fingerprint density at radius 1 is 0.626 bits per heavy atom. The number of aryl methyl sites for hydroxylation is 2. The van der Waals surface area contributed by atoms with Gasteiger partial charge >= 0.3 is 17.9 Å². The first-order valence-corrected chi connectivity index (χ1v) is 43.3. The summed E-state index contributed by atoms with van der Waals surface area (Å²) < 4.78 is 122.